The smallest absolute Gasteiger partial charge is 0.145 e. The standard InChI is InChI=1S/C19H30O/c1-13-14(12-20)6-8-16-15(13)7-9-17-18(2,3)10-5-11-19(16,17)4/h6,12-13,15-17H,5,7-11H2,1-4H3/t13-,15-,16-,17-,19+/m1/s1. The first-order valence-electron chi connectivity index (χ1n) is 8.55. The molecule has 2 saturated carbocycles. The fourth-order valence-electron chi connectivity index (χ4n) is 6.27. The molecule has 3 aliphatic rings. The molecular weight excluding hydrogens is 244 g/mol. The number of rotatable bonds is 1. The van der Waals surface area contributed by atoms with E-state index in [1.54, 1.807) is 0 Å². The highest BCUT2D eigenvalue weighted by molar-refractivity contribution is 5.74. The zero-order valence-electron chi connectivity index (χ0n) is 13.6. The Hall–Kier alpha value is -0.590. The van der Waals surface area contributed by atoms with Gasteiger partial charge in [0.2, 0.25) is 0 Å². The van der Waals surface area contributed by atoms with Gasteiger partial charge in [-0.1, -0.05) is 40.2 Å². The average molecular weight is 274 g/mol. The molecule has 0 aliphatic heterocycles. The number of hydrogen-bond acceptors (Lipinski definition) is 1. The fraction of sp³-hybridized carbons (Fsp3) is 0.842. The molecule has 2 fully saturated rings. The molecule has 0 heterocycles. The van der Waals surface area contributed by atoms with Crippen LogP contribution >= 0.6 is 0 Å². The molecule has 0 aromatic heterocycles. The molecule has 0 aromatic carbocycles. The summed E-state index contributed by atoms with van der Waals surface area (Å²) in [5, 5.41) is 0. The second kappa shape index (κ2) is 4.71. The van der Waals surface area contributed by atoms with Gasteiger partial charge in [-0.15, -0.1) is 0 Å². The molecule has 0 aromatic rings. The minimum absolute atomic E-state index is 0.481. The van der Waals surface area contributed by atoms with Crippen LogP contribution in [0.2, 0.25) is 0 Å². The van der Waals surface area contributed by atoms with Gasteiger partial charge in [-0.2, -0.15) is 0 Å². The van der Waals surface area contributed by atoms with Crippen molar-refractivity contribution in [2.75, 3.05) is 0 Å². The van der Waals surface area contributed by atoms with Gasteiger partial charge in [0.05, 0.1) is 0 Å². The molecule has 1 nitrogen and oxygen atoms in total. The Balaban J connectivity index is 1.95. The van der Waals surface area contributed by atoms with Crippen molar-refractivity contribution in [1.82, 2.24) is 0 Å². The van der Waals surface area contributed by atoms with Crippen LogP contribution in [0.25, 0.3) is 0 Å². The number of fused-ring (bicyclic) bond motifs is 3. The monoisotopic (exact) mass is 274 g/mol. The molecule has 0 saturated heterocycles. The van der Waals surface area contributed by atoms with Crippen LogP contribution < -0.4 is 0 Å². The molecule has 0 N–H and O–H groups in total. The van der Waals surface area contributed by atoms with Crippen LogP contribution in [-0.4, -0.2) is 6.29 Å². The van der Waals surface area contributed by atoms with Crippen LogP contribution in [0, 0.1) is 34.5 Å². The van der Waals surface area contributed by atoms with Crippen LogP contribution in [0.3, 0.4) is 0 Å². The molecule has 112 valence electrons. The van der Waals surface area contributed by atoms with Gasteiger partial charge in [0.1, 0.15) is 6.29 Å². The summed E-state index contributed by atoms with van der Waals surface area (Å²) in [5.74, 6) is 2.91. The van der Waals surface area contributed by atoms with E-state index in [0.29, 0.717) is 16.7 Å². The van der Waals surface area contributed by atoms with E-state index in [-0.39, 0.29) is 0 Å². The van der Waals surface area contributed by atoms with E-state index in [1.807, 2.05) is 0 Å². The van der Waals surface area contributed by atoms with E-state index in [9.17, 15) is 4.79 Å². The number of carbonyl (C=O) groups excluding carboxylic acids is 1. The largest absolute Gasteiger partial charge is 0.298 e. The molecular formula is C19H30O. The van der Waals surface area contributed by atoms with E-state index < -0.39 is 0 Å². The van der Waals surface area contributed by atoms with Crippen molar-refractivity contribution in [2.45, 2.75) is 66.2 Å². The third-order valence-electron chi connectivity index (χ3n) is 7.34. The van der Waals surface area contributed by atoms with Crippen molar-refractivity contribution >= 4 is 6.29 Å². The first kappa shape index (κ1) is 14.4. The maximum absolute atomic E-state index is 11.2. The average Bonchev–Trinajstić information content (AvgIpc) is 2.38. The lowest BCUT2D eigenvalue weighted by Gasteiger charge is -2.61. The van der Waals surface area contributed by atoms with Crippen LogP contribution in [0.4, 0.5) is 0 Å². The second-order valence-electron chi connectivity index (χ2n) is 8.59. The zero-order chi connectivity index (χ0) is 14.5. The number of aldehydes is 1. The predicted molar refractivity (Wildman–Crippen MR) is 83.4 cm³/mol. The summed E-state index contributed by atoms with van der Waals surface area (Å²) in [6.45, 7) is 9.85. The van der Waals surface area contributed by atoms with Gasteiger partial charge in [-0.05, 0) is 72.2 Å². The van der Waals surface area contributed by atoms with Crippen molar-refractivity contribution in [3.8, 4) is 0 Å². The summed E-state index contributed by atoms with van der Waals surface area (Å²) in [4.78, 5) is 11.2. The van der Waals surface area contributed by atoms with Gasteiger partial charge >= 0.3 is 0 Å². The highest BCUT2D eigenvalue weighted by Crippen LogP contribution is 2.64. The molecule has 20 heavy (non-hydrogen) atoms. The first-order valence-corrected chi connectivity index (χ1v) is 8.55. The van der Waals surface area contributed by atoms with E-state index >= 15 is 0 Å². The third kappa shape index (κ3) is 1.92. The molecule has 0 radical (unpaired) electrons. The van der Waals surface area contributed by atoms with Gasteiger partial charge in [-0.3, -0.25) is 4.79 Å². The molecule has 3 aliphatic carbocycles. The Labute approximate surface area is 124 Å². The molecule has 5 atom stereocenters. The van der Waals surface area contributed by atoms with Gasteiger partial charge in [-0.25, -0.2) is 0 Å². The van der Waals surface area contributed by atoms with Gasteiger partial charge in [0.15, 0.2) is 0 Å². The van der Waals surface area contributed by atoms with Crippen LogP contribution in [0.15, 0.2) is 11.6 Å². The Kier molecular flexibility index (Phi) is 3.38. The molecule has 1 heteroatoms. The predicted octanol–water partition coefficient (Wildman–Crippen LogP) is 5.01. The first-order chi connectivity index (χ1) is 9.40. The SMILES string of the molecule is C[C@@H]1C(C=O)=CC[C@@H]2[C@@H]1CC[C@@H]1C(C)(C)CCC[C@@]21C. The molecule has 3 rings (SSSR count). The van der Waals surface area contributed by atoms with Crippen LogP contribution in [0.1, 0.15) is 66.2 Å². The molecule has 0 bridgehead atoms. The Bertz CT molecular complexity index is 433. The lowest BCUT2D eigenvalue weighted by molar-refractivity contribution is -0.113. The minimum Gasteiger partial charge on any atom is -0.298 e. The molecule has 0 spiro atoms. The van der Waals surface area contributed by atoms with Crippen molar-refractivity contribution < 1.29 is 4.79 Å². The maximum Gasteiger partial charge on any atom is 0.145 e. The Morgan fingerprint density at radius 1 is 1.20 bits per heavy atom. The summed E-state index contributed by atoms with van der Waals surface area (Å²) < 4.78 is 0. The van der Waals surface area contributed by atoms with Crippen molar-refractivity contribution in [2.24, 2.45) is 34.5 Å². The lowest BCUT2D eigenvalue weighted by atomic mass is 9.44. The normalized spacial score (nSPS) is 46.9. The minimum atomic E-state index is 0.481. The topological polar surface area (TPSA) is 17.1 Å². The lowest BCUT2D eigenvalue weighted by Crippen LogP contribution is -2.53. The summed E-state index contributed by atoms with van der Waals surface area (Å²) in [6, 6.07) is 0. The highest BCUT2D eigenvalue weighted by atomic mass is 16.1. The second-order valence-corrected chi connectivity index (χ2v) is 8.59. The van der Waals surface area contributed by atoms with Crippen molar-refractivity contribution in [3.63, 3.8) is 0 Å². The molecule has 0 unspecified atom stereocenters. The zero-order valence-corrected chi connectivity index (χ0v) is 13.6. The van der Waals surface area contributed by atoms with Crippen molar-refractivity contribution in [3.05, 3.63) is 11.6 Å². The fourth-order valence-corrected chi connectivity index (χ4v) is 6.27. The summed E-state index contributed by atoms with van der Waals surface area (Å²) in [6.07, 6.45) is 11.4. The van der Waals surface area contributed by atoms with E-state index in [1.165, 1.54) is 32.1 Å². The quantitative estimate of drug-likeness (QED) is 0.614. The van der Waals surface area contributed by atoms with E-state index in [0.717, 1.165) is 36.0 Å². The summed E-state index contributed by atoms with van der Waals surface area (Å²) in [5.41, 5.74) is 2.09. The van der Waals surface area contributed by atoms with E-state index in [4.69, 9.17) is 0 Å². The number of allylic oxidation sites excluding steroid dienone is 2. The maximum atomic E-state index is 11.2. The van der Waals surface area contributed by atoms with Gasteiger partial charge < -0.3 is 0 Å². The Morgan fingerprint density at radius 3 is 2.65 bits per heavy atom. The summed E-state index contributed by atoms with van der Waals surface area (Å²) in [7, 11) is 0. The van der Waals surface area contributed by atoms with Crippen LogP contribution in [0.5, 0.6) is 0 Å². The van der Waals surface area contributed by atoms with Crippen LogP contribution in [-0.2, 0) is 4.79 Å². The number of carbonyl (C=O) groups is 1. The number of hydrogen-bond donors (Lipinski definition) is 0. The van der Waals surface area contributed by atoms with E-state index in [2.05, 4.69) is 33.8 Å². The molecule has 0 amide bonds. The Morgan fingerprint density at radius 2 is 1.95 bits per heavy atom. The highest BCUT2D eigenvalue weighted by Gasteiger charge is 2.55. The van der Waals surface area contributed by atoms with Gasteiger partial charge in [0, 0.05) is 0 Å². The van der Waals surface area contributed by atoms with Crippen molar-refractivity contribution in [1.29, 1.82) is 0 Å². The summed E-state index contributed by atoms with van der Waals surface area (Å²) >= 11 is 0. The third-order valence-corrected chi connectivity index (χ3v) is 7.34. The van der Waals surface area contributed by atoms with Gasteiger partial charge in [0.25, 0.3) is 0 Å².